The summed E-state index contributed by atoms with van der Waals surface area (Å²) < 4.78 is 6.96. The van der Waals surface area contributed by atoms with E-state index in [9.17, 15) is 0 Å². The van der Waals surface area contributed by atoms with Crippen molar-refractivity contribution < 1.29 is 4.74 Å². The van der Waals surface area contributed by atoms with Crippen molar-refractivity contribution in [3.63, 3.8) is 0 Å². The third kappa shape index (κ3) is 4.72. The van der Waals surface area contributed by atoms with Crippen LogP contribution in [0.5, 0.6) is 5.75 Å². The van der Waals surface area contributed by atoms with Crippen LogP contribution >= 0.6 is 15.9 Å². The summed E-state index contributed by atoms with van der Waals surface area (Å²) in [5.74, 6) is 0.934. The Hall–Kier alpha value is -1.06. The lowest BCUT2D eigenvalue weighted by molar-refractivity contribution is 0.303. The van der Waals surface area contributed by atoms with Crippen molar-refractivity contribution in [3.05, 3.63) is 40.9 Å². The fourth-order valence-corrected chi connectivity index (χ4v) is 2.83. The summed E-state index contributed by atoms with van der Waals surface area (Å²) in [6.07, 6.45) is 3.40. The second-order valence-electron chi connectivity index (χ2n) is 5.42. The molecule has 2 aromatic rings. The molecule has 2 aromatic carbocycles. The second-order valence-corrected chi connectivity index (χ2v) is 6.21. The van der Waals surface area contributed by atoms with Gasteiger partial charge in [0, 0.05) is 6.04 Å². The van der Waals surface area contributed by atoms with Crippen molar-refractivity contribution >= 4 is 26.7 Å². The fourth-order valence-electron chi connectivity index (χ4n) is 2.23. The predicted octanol–water partition coefficient (Wildman–Crippen LogP) is 5.15. The van der Waals surface area contributed by atoms with Gasteiger partial charge in [-0.1, -0.05) is 37.3 Å². The van der Waals surface area contributed by atoms with Crippen LogP contribution < -0.4 is 10.1 Å². The average molecular weight is 350 g/mol. The molecule has 0 aliphatic heterocycles. The number of rotatable bonds is 8. The highest BCUT2D eigenvalue weighted by Crippen LogP contribution is 2.33. The molecule has 3 heteroatoms. The maximum atomic E-state index is 5.90. The lowest BCUT2D eigenvalue weighted by Crippen LogP contribution is -2.26. The van der Waals surface area contributed by atoms with Gasteiger partial charge in [0.2, 0.25) is 0 Å². The van der Waals surface area contributed by atoms with Crippen LogP contribution in [0.4, 0.5) is 0 Å². The van der Waals surface area contributed by atoms with E-state index in [4.69, 9.17) is 4.74 Å². The summed E-state index contributed by atoms with van der Waals surface area (Å²) in [5, 5.41) is 5.93. The van der Waals surface area contributed by atoms with Crippen LogP contribution in [0.15, 0.2) is 40.9 Å². The molecule has 0 aromatic heterocycles. The van der Waals surface area contributed by atoms with E-state index in [1.54, 1.807) is 0 Å². The number of fused-ring (bicyclic) bond motifs is 1. The predicted molar refractivity (Wildman–Crippen MR) is 94.1 cm³/mol. The van der Waals surface area contributed by atoms with E-state index in [0.717, 1.165) is 36.2 Å². The van der Waals surface area contributed by atoms with Gasteiger partial charge in [-0.2, -0.15) is 0 Å². The normalized spacial score (nSPS) is 12.5. The molecule has 0 saturated heterocycles. The molecular formula is C18H24BrNO. The van der Waals surface area contributed by atoms with E-state index in [0.29, 0.717) is 6.04 Å². The summed E-state index contributed by atoms with van der Waals surface area (Å²) in [7, 11) is 0. The molecule has 0 aliphatic rings. The van der Waals surface area contributed by atoms with Crippen molar-refractivity contribution in [1.29, 1.82) is 0 Å². The molecule has 0 radical (unpaired) electrons. The van der Waals surface area contributed by atoms with Crippen molar-refractivity contribution in [1.82, 2.24) is 5.32 Å². The minimum Gasteiger partial charge on any atom is -0.492 e. The summed E-state index contributed by atoms with van der Waals surface area (Å²) in [4.78, 5) is 0. The van der Waals surface area contributed by atoms with Gasteiger partial charge < -0.3 is 10.1 Å². The number of halogens is 1. The van der Waals surface area contributed by atoms with Crippen LogP contribution in [0.3, 0.4) is 0 Å². The molecule has 0 bridgehead atoms. The van der Waals surface area contributed by atoms with Gasteiger partial charge in [-0.05, 0) is 65.5 Å². The molecule has 0 heterocycles. The molecule has 2 rings (SSSR count). The first-order chi connectivity index (χ1) is 10.2. The third-order valence-corrected chi connectivity index (χ3v) is 4.58. The first kappa shape index (κ1) is 16.3. The lowest BCUT2D eigenvalue weighted by Gasteiger charge is -2.12. The van der Waals surface area contributed by atoms with Gasteiger partial charge in [-0.15, -0.1) is 0 Å². The second kappa shape index (κ2) is 8.40. The Kier molecular flexibility index (Phi) is 6.52. The van der Waals surface area contributed by atoms with E-state index in [1.165, 1.54) is 17.2 Å². The zero-order valence-corrected chi connectivity index (χ0v) is 14.4. The molecule has 0 saturated carbocycles. The Balaban J connectivity index is 1.80. The Morgan fingerprint density at radius 1 is 1.14 bits per heavy atom. The van der Waals surface area contributed by atoms with E-state index in [-0.39, 0.29) is 0 Å². The van der Waals surface area contributed by atoms with Gasteiger partial charge in [0.05, 0.1) is 11.1 Å². The van der Waals surface area contributed by atoms with Gasteiger partial charge in [0.15, 0.2) is 0 Å². The minimum absolute atomic E-state index is 0.612. The number of ether oxygens (including phenoxy) is 1. The Morgan fingerprint density at radius 2 is 1.95 bits per heavy atom. The molecule has 0 fully saturated rings. The highest BCUT2D eigenvalue weighted by Gasteiger charge is 2.05. The maximum Gasteiger partial charge on any atom is 0.134 e. The van der Waals surface area contributed by atoms with Crippen molar-refractivity contribution in [2.24, 2.45) is 0 Å². The van der Waals surface area contributed by atoms with Crippen LogP contribution in [-0.4, -0.2) is 19.2 Å². The van der Waals surface area contributed by atoms with Crippen molar-refractivity contribution in [2.75, 3.05) is 13.2 Å². The van der Waals surface area contributed by atoms with E-state index < -0.39 is 0 Å². The summed E-state index contributed by atoms with van der Waals surface area (Å²) >= 11 is 3.66. The number of nitrogens with one attached hydrogen (secondary N) is 1. The summed E-state index contributed by atoms with van der Waals surface area (Å²) in [6, 6.07) is 13.1. The minimum atomic E-state index is 0.612. The molecule has 0 unspecified atom stereocenters. The molecule has 114 valence electrons. The van der Waals surface area contributed by atoms with Gasteiger partial charge >= 0.3 is 0 Å². The molecule has 2 nitrogen and oxygen atoms in total. The standard InChI is InChI=1S/C18H24BrNO/c1-3-14(2)20-12-6-7-13-21-17-11-10-15-8-4-5-9-16(15)18(17)19/h4-5,8-11,14,20H,3,6-7,12-13H2,1-2H3/t14-/m0/s1. The van der Waals surface area contributed by atoms with Gasteiger partial charge in [-0.3, -0.25) is 0 Å². The maximum absolute atomic E-state index is 5.90. The zero-order chi connectivity index (χ0) is 15.1. The van der Waals surface area contributed by atoms with Crippen LogP contribution in [-0.2, 0) is 0 Å². The monoisotopic (exact) mass is 349 g/mol. The zero-order valence-electron chi connectivity index (χ0n) is 12.9. The average Bonchev–Trinajstić information content (AvgIpc) is 2.52. The van der Waals surface area contributed by atoms with Crippen molar-refractivity contribution in [3.8, 4) is 5.75 Å². The summed E-state index contributed by atoms with van der Waals surface area (Å²) in [5.41, 5.74) is 0. The lowest BCUT2D eigenvalue weighted by atomic mass is 10.1. The van der Waals surface area contributed by atoms with Gasteiger partial charge in [0.25, 0.3) is 0 Å². The van der Waals surface area contributed by atoms with Gasteiger partial charge in [0.1, 0.15) is 5.75 Å². The Bertz CT molecular complexity index is 570. The van der Waals surface area contributed by atoms with Crippen LogP contribution in [0.25, 0.3) is 10.8 Å². The third-order valence-electron chi connectivity index (χ3n) is 3.76. The van der Waals surface area contributed by atoms with Crippen LogP contribution in [0, 0.1) is 0 Å². The largest absolute Gasteiger partial charge is 0.492 e. The molecular weight excluding hydrogens is 326 g/mol. The molecule has 1 N–H and O–H groups in total. The van der Waals surface area contributed by atoms with Crippen LogP contribution in [0.1, 0.15) is 33.1 Å². The molecule has 0 amide bonds. The first-order valence-corrected chi connectivity index (χ1v) is 8.55. The molecule has 0 aliphatic carbocycles. The highest BCUT2D eigenvalue weighted by atomic mass is 79.9. The number of hydrogen-bond acceptors (Lipinski definition) is 2. The highest BCUT2D eigenvalue weighted by molar-refractivity contribution is 9.10. The topological polar surface area (TPSA) is 21.3 Å². The van der Waals surface area contributed by atoms with Crippen molar-refractivity contribution in [2.45, 2.75) is 39.2 Å². The smallest absolute Gasteiger partial charge is 0.134 e. The van der Waals surface area contributed by atoms with Gasteiger partial charge in [-0.25, -0.2) is 0 Å². The number of unbranched alkanes of at least 4 members (excludes halogenated alkanes) is 1. The number of benzene rings is 2. The fraction of sp³-hybridized carbons (Fsp3) is 0.444. The molecule has 21 heavy (non-hydrogen) atoms. The Morgan fingerprint density at radius 3 is 2.76 bits per heavy atom. The van der Waals surface area contributed by atoms with E-state index in [1.807, 2.05) is 6.07 Å². The molecule has 0 spiro atoms. The first-order valence-electron chi connectivity index (χ1n) is 7.75. The SMILES string of the molecule is CC[C@H](C)NCCCCOc1ccc2ccccc2c1Br. The van der Waals surface area contributed by atoms with E-state index >= 15 is 0 Å². The van der Waals surface area contributed by atoms with Crippen LogP contribution in [0.2, 0.25) is 0 Å². The quantitative estimate of drug-likeness (QED) is 0.665. The Labute approximate surface area is 136 Å². The summed E-state index contributed by atoms with van der Waals surface area (Å²) in [6.45, 7) is 6.26. The van der Waals surface area contributed by atoms with E-state index in [2.05, 4.69) is 65.4 Å². The molecule has 1 atom stereocenters. The number of hydrogen-bond donors (Lipinski definition) is 1.